The van der Waals surface area contributed by atoms with Crippen LogP contribution in [-0.2, 0) is 4.84 Å². The largest absolute Gasteiger partial charge is 0.493 e. The van der Waals surface area contributed by atoms with Gasteiger partial charge in [0.2, 0.25) is 0 Å². The number of nitrogens with zero attached hydrogens (tertiary/aromatic N) is 1. The van der Waals surface area contributed by atoms with Crippen LogP contribution in [0.1, 0.15) is 16.8 Å². The average molecular weight is 237 g/mol. The van der Waals surface area contributed by atoms with Crippen molar-refractivity contribution in [3.63, 3.8) is 0 Å². The van der Waals surface area contributed by atoms with Gasteiger partial charge in [0, 0.05) is 5.56 Å². The van der Waals surface area contributed by atoms with Crippen molar-refractivity contribution in [3.8, 4) is 11.5 Å². The zero-order valence-corrected chi connectivity index (χ0v) is 9.93. The molecule has 0 radical (unpaired) electrons. The van der Waals surface area contributed by atoms with Crippen molar-refractivity contribution in [2.75, 3.05) is 27.4 Å². The molecule has 0 atom stereocenters. The van der Waals surface area contributed by atoms with Crippen molar-refractivity contribution in [1.82, 2.24) is 5.06 Å². The zero-order chi connectivity index (χ0) is 12.3. The van der Waals surface area contributed by atoms with E-state index in [1.807, 2.05) is 0 Å². The number of carbonyl (C=O) groups is 1. The van der Waals surface area contributed by atoms with Gasteiger partial charge in [0.1, 0.15) is 0 Å². The minimum Gasteiger partial charge on any atom is -0.493 e. The van der Waals surface area contributed by atoms with Gasteiger partial charge in [0.25, 0.3) is 5.91 Å². The van der Waals surface area contributed by atoms with Gasteiger partial charge < -0.3 is 9.47 Å². The number of ether oxygens (including phenoxy) is 2. The monoisotopic (exact) mass is 237 g/mol. The van der Waals surface area contributed by atoms with E-state index in [0.717, 1.165) is 6.42 Å². The first-order chi connectivity index (χ1) is 8.26. The van der Waals surface area contributed by atoms with E-state index in [2.05, 4.69) is 0 Å². The normalized spacial score (nSPS) is 14.8. The molecule has 0 bridgehead atoms. The molecule has 1 aliphatic heterocycles. The first kappa shape index (κ1) is 11.7. The van der Waals surface area contributed by atoms with E-state index in [-0.39, 0.29) is 5.91 Å². The van der Waals surface area contributed by atoms with Crippen molar-refractivity contribution in [1.29, 1.82) is 0 Å². The smallest absolute Gasteiger partial charge is 0.277 e. The SMILES string of the molecule is COc1ccc(C(=O)N2CCCO2)cc1OC. The van der Waals surface area contributed by atoms with Crippen LogP contribution in [0.25, 0.3) is 0 Å². The van der Waals surface area contributed by atoms with Crippen molar-refractivity contribution in [3.05, 3.63) is 23.8 Å². The maximum atomic E-state index is 12.0. The molecule has 0 N–H and O–H groups in total. The number of methoxy groups -OCH3 is 2. The second kappa shape index (κ2) is 5.05. The van der Waals surface area contributed by atoms with Crippen LogP contribution in [0.4, 0.5) is 0 Å². The van der Waals surface area contributed by atoms with Crippen LogP contribution in [0.5, 0.6) is 11.5 Å². The maximum Gasteiger partial charge on any atom is 0.277 e. The molecule has 92 valence electrons. The highest BCUT2D eigenvalue weighted by Crippen LogP contribution is 2.28. The van der Waals surface area contributed by atoms with Gasteiger partial charge in [-0.15, -0.1) is 0 Å². The fourth-order valence-electron chi connectivity index (χ4n) is 1.72. The highest BCUT2D eigenvalue weighted by atomic mass is 16.7. The average Bonchev–Trinajstić information content (AvgIpc) is 2.90. The molecule has 2 rings (SSSR count). The van der Waals surface area contributed by atoms with Gasteiger partial charge in [0.05, 0.1) is 27.4 Å². The van der Waals surface area contributed by atoms with Crippen LogP contribution < -0.4 is 9.47 Å². The molecule has 1 aromatic rings. The first-order valence-electron chi connectivity index (χ1n) is 5.43. The van der Waals surface area contributed by atoms with E-state index in [9.17, 15) is 4.79 Å². The summed E-state index contributed by atoms with van der Waals surface area (Å²) in [6.07, 6.45) is 0.874. The molecule has 1 aromatic carbocycles. The molecule has 1 aliphatic rings. The van der Waals surface area contributed by atoms with Crippen LogP contribution in [0.3, 0.4) is 0 Å². The Kier molecular flexibility index (Phi) is 3.49. The Morgan fingerprint density at radius 3 is 2.65 bits per heavy atom. The minimum absolute atomic E-state index is 0.150. The zero-order valence-electron chi connectivity index (χ0n) is 9.93. The van der Waals surface area contributed by atoms with E-state index in [1.165, 1.54) is 5.06 Å². The molecule has 0 unspecified atom stereocenters. The van der Waals surface area contributed by atoms with Crippen LogP contribution in [0, 0.1) is 0 Å². The summed E-state index contributed by atoms with van der Waals surface area (Å²) < 4.78 is 10.3. The van der Waals surface area contributed by atoms with Gasteiger partial charge in [-0.2, -0.15) is 0 Å². The van der Waals surface area contributed by atoms with E-state index in [1.54, 1.807) is 32.4 Å². The summed E-state index contributed by atoms with van der Waals surface area (Å²) in [5, 5.41) is 1.38. The molecule has 0 aliphatic carbocycles. The lowest BCUT2D eigenvalue weighted by Crippen LogP contribution is -2.26. The molecule has 1 amide bonds. The third kappa shape index (κ3) is 2.34. The third-order valence-corrected chi connectivity index (χ3v) is 2.61. The number of benzene rings is 1. The van der Waals surface area contributed by atoms with E-state index in [4.69, 9.17) is 14.3 Å². The molecular formula is C12H15NO4. The molecule has 0 saturated carbocycles. The van der Waals surface area contributed by atoms with E-state index >= 15 is 0 Å². The highest BCUT2D eigenvalue weighted by molar-refractivity contribution is 5.94. The highest BCUT2D eigenvalue weighted by Gasteiger charge is 2.21. The minimum atomic E-state index is -0.150. The predicted octanol–water partition coefficient (Wildman–Crippen LogP) is 1.48. The summed E-state index contributed by atoms with van der Waals surface area (Å²) in [6.45, 7) is 1.23. The van der Waals surface area contributed by atoms with Crippen LogP contribution >= 0.6 is 0 Å². The summed E-state index contributed by atoms with van der Waals surface area (Å²) in [6, 6.07) is 5.07. The Bertz CT molecular complexity index is 413. The van der Waals surface area contributed by atoms with Crippen molar-refractivity contribution >= 4 is 5.91 Å². The molecule has 0 spiro atoms. The van der Waals surface area contributed by atoms with Crippen LogP contribution in [-0.4, -0.2) is 38.3 Å². The maximum absolute atomic E-state index is 12.0. The third-order valence-electron chi connectivity index (χ3n) is 2.61. The van der Waals surface area contributed by atoms with Gasteiger partial charge in [-0.05, 0) is 24.6 Å². The predicted molar refractivity (Wildman–Crippen MR) is 61.2 cm³/mol. The summed E-state index contributed by atoms with van der Waals surface area (Å²) in [7, 11) is 3.10. The Morgan fingerprint density at radius 1 is 1.29 bits per heavy atom. The number of carbonyl (C=O) groups excluding carboxylic acids is 1. The first-order valence-corrected chi connectivity index (χ1v) is 5.43. The second-order valence-electron chi connectivity index (χ2n) is 3.66. The van der Waals surface area contributed by atoms with Gasteiger partial charge in [-0.25, -0.2) is 5.06 Å². The summed E-state index contributed by atoms with van der Waals surface area (Å²) in [5.41, 5.74) is 0.532. The summed E-state index contributed by atoms with van der Waals surface area (Å²) >= 11 is 0. The number of hydrogen-bond acceptors (Lipinski definition) is 4. The van der Waals surface area contributed by atoms with Gasteiger partial charge in [-0.3, -0.25) is 9.63 Å². The number of hydrogen-bond donors (Lipinski definition) is 0. The molecule has 5 nitrogen and oxygen atoms in total. The van der Waals surface area contributed by atoms with Crippen molar-refractivity contribution in [2.24, 2.45) is 0 Å². The standard InChI is InChI=1S/C12H15NO4/c1-15-10-5-4-9(8-11(10)16-2)12(14)13-6-3-7-17-13/h4-5,8H,3,6-7H2,1-2H3. The van der Waals surface area contributed by atoms with Crippen molar-refractivity contribution in [2.45, 2.75) is 6.42 Å². The number of rotatable bonds is 3. The second-order valence-corrected chi connectivity index (χ2v) is 3.66. The van der Waals surface area contributed by atoms with Crippen molar-refractivity contribution < 1.29 is 19.1 Å². The molecule has 5 heteroatoms. The number of hydroxylamine groups is 2. The van der Waals surface area contributed by atoms with Crippen LogP contribution in [0.15, 0.2) is 18.2 Å². The van der Waals surface area contributed by atoms with Gasteiger partial charge >= 0.3 is 0 Å². The van der Waals surface area contributed by atoms with Gasteiger partial charge in [-0.1, -0.05) is 0 Å². The van der Waals surface area contributed by atoms with Gasteiger partial charge in [0.15, 0.2) is 11.5 Å². The molecular weight excluding hydrogens is 222 g/mol. The summed E-state index contributed by atoms with van der Waals surface area (Å²) in [4.78, 5) is 17.2. The Labute approximate surface area is 99.8 Å². The van der Waals surface area contributed by atoms with E-state index in [0.29, 0.717) is 30.2 Å². The Morgan fingerprint density at radius 2 is 2.06 bits per heavy atom. The lowest BCUT2D eigenvalue weighted by molar-refractivity contribution is -0.0768. The Balaban J connectivity index is 2.23. The quantitative estimate of drug-likeness (QED) is 0.799. The molecule has 1 saturated heterocycles. The molecule has 17 heavy (non-hydrogen) atoms. The summed E-state index contributed by atoms with van der Waals surface area (Å²) in [5.74, 6) is 0.993. The van der Waals surface area contributed by atoms with Crippen LogP contribution in [0.2, 0.25) is 0 Å². The van der Waals surface area contributed by atoms with E-state index < -0.39 is 0 Å². The lowest BCUT2D eigenvalue weighted by Gasteiger charge is -2.15. The topological polar surface area (TPSA) is 48.0 Å². The Hall–Kier alpha value is -1.75. The fourth-order valence-corrected chi connectivity index (χ4v) is 1.72. The fraction of sp³-hybridized carbons (Fsp3) is 0.417. The lowest BCUT2D eigenvalue weighted by atomic mass is 10.2. The number of amides is 1. The molecule has 1 heterocycles. The molecule has 1 fully saturated rings. The molecule has 0 aromatic heterocycles.